The molecule has 0 saturated heterocycles. The average molecular weight is 1040 g/mol. The van der Waals surface area contributed by atoms with E-state index in [9.17, 15) is 46.6 Å². The van der Waals surface area contributed by atoms with Crippen LogP contribution in [0, 0.1) is 6.92 Å². The molecule has 0 bridgehead atoms. The lowest BCUT2D eigenvalue weighted by molar-refractivity contribution is -0.193. The zero-order valence-corrected chi connectivity index (χ0v) is 43.0. The number of benzene rings is 3. The van der Waals surface area contributed by atoms with Crippen molar-refractivity contribution in [1.82, 2.24) is 14.5 Å². The molecule has 0 aliphatic rings. The second-order valence-corrected chi connectivity index (χ2v) is 19.7. The number of nitrogens with one attached hydrogen (secondary N) is 1. The molecular weight excluding hydrogens is 972 g/mol. The van der Waals surface area contributed by atoms with Gasteiger partial charge >= 0.3 is 23.8 Å². The fourth-order valence-corrected chi connectivity index (χ4v) is 6.59. The fraction of sp³-hybridized carbons (Fsp3) is 0.457. The normalized spacial score (nSPS) is 12.6. The highest BCUT2D eigenvalue weighted by molar-refractivity contribution is 7.94. The van der Waals surface area contributed by atoms with Crippen molar-refractivity contribution in [3.05, 3.63) is 116 Å². The molecule has 17 nitrogen and oxygen atoms in total. The maximum atomic E-state index is 13.1. The quantitative estimate of drug-likeness (QED) is 0.0487. The molecule has 3 atom stereocenters. The van der Waals surface area contributed by atoms with Gasteiger partial charge in [0.1, 0.15) is 37.3 Å². The van der Waals surface area contributed by atoms with Crippen LogP contribution in [-0.2, 0) is 72.0 Å². The number of hydrogen-bond acceptors (Lipinski definition) is 12. The van der Waals surface area contributed by atoms with E-state index in [1.54, 1.807) is 18.9 Å². The van der Waals surface area contributed by atoms with Gasteiger partial charge < -0.3 is 43.3 Å². The summed E-state index contributed by atoms with van der Waals surface area (Å²) in [6.07, 6.45) is 1.84. The standard InChI is InChI=1S/C25H25F3N2O6.C15H22ClNO2.C3H8NO5P.C3H9S/c1-5-16-6-7-17(20(12-16)36-15(2)23(32)34-4)14-35-19-10-8-18(9-11-19)30-22(31)13-21(25(26,27)28)29(3)24(30)33;1-5-13-8-6-7-11(2)15(13)17(14(18)9-16)12(3)10-19-4;5-3(6)1-4-2-10(7,8)9;1-4(2)3/h6-13,15H,5,14H2,1-4H3;6-8,12H,5,9-10H2,1-4H3;4H,1-2H2,(H,5,6)(H2,7,8,9);1-3H3/q;;;+1/p-1. The van der Waals surface area contributed by atoms with Crippen LogP contribution in [0.3, 0.4) is 0 Å². The maximum absolute atomic E-state index is 13.1. The molecule has 3 N–H and O–H groups in total. The molecule has 1 aromatic heterocycles. The lowest BCUT2D eigenvalue weighted by Gasteiger charge is -2.31. The van der Waals surface area contributed by atoms with Gasteiger partial charge in [-0.15, -0.1) is 11.6 Å². The molecule has 3 unspecified atom stereocenters. The minimum atomic E-state index is -4.84. The number of carboxylic acids is 1. The Labute approximate surface area is 408 Å². The number of aliphatic carboxylic acids is 1. The number of carbonyl (C=O) groups is 3. The minimum Gasteiger partial charge on any atom is -0.778 e. The number of amides is 1. The molecule has 23 heteroatoms. The number of anilines is 1. The molecule has 0 saturated carbocycles. The number of ether oxygens (including phenoxy) is 4. The monoisotopic (exact) mass is 1030 g/mol. The van der Waals surface area contributed by atoms with E-state index in [1.165, 1.54) is 31.4 Å². The van der Waals surface area contributed by atoms with Gasteiger partial charge in [-0.25, -0.2) is 14.2 Å². The van der Waals surface area contributed by atoms with Crippen molar-refractivity contribution in [2.45, 2.75) is 72.4 Å². The molecule has 69 heavy (non-hydrogen) atoms. The van der Waals surface area contributed by atoms with Gasteiger partial charge in [0.25, 0.3) is 5.56 Å². The third-order valence-electron chi connectivity index (χ3n) is 9.24. The number of aromatic nitrogens is 2. The van der Waals surface area contributed by atoms with Gasteiger partial charge in [0.15, 0.2) is 6.10 Å². The number of para-hydroxylation sites is 1. The fourth-order valence-electron chi connectivity index (χ4n) is 6.07. The van der Waals surface area contributed by atoms with Crippen LogP contribution in [0.5, 0.6) is 11.5 Å². The Hall–Kier alpha value is -5.15. The van der Waals surface area contributed by atoms with Crippen LogP contribution >= 0.6 is 19.2 Å². The lowest BCUT2D eigenvalue weighted by Crippen LogP contribution is -2.43. The van der Waals surface area contributed by atoms with Crippen molar-refractivity contribution < 1.29 is 66.0 Å². The Morgan fingerprint density at radius 2 is 1.58 bits per heavy atom. The Morgan fingerprint density at radius 1 is 0.971 bits per heavy atom. The SMILES string of the molecule is CCc1ccc(COc2ccc(-n3c(=O)cc(C(F)(F)F)n(C)c3=O)cc2)c(OC(C)C(=O)OC)c1.CCc1cccc(C)c1N(C(=O)CCl)C(C)COC.C[S+](C)C.O=C(O)CNCP(=O)([O-])O. The molecule has 1 amide bonds. The second kappa shape index (κ2) is 29.8. The van der Waals surface area contributed by atoms with Crippen LogP contribution in [0.25, 0.3) is 5.69 Å². The molecule has 384 valence electrons. The molecule has 0 radical (unpaired) electrons. The smallest absolute Gasteiger partial charge is 0.431 e. The van der Waals surface area contributed by atoms with Crippen molar-refractivity contribution in [3.8, 4) is 17.2 Å². The van der Waals surface area contributed by atoms with E-state index in [0.717, 1.165) is 42.3 Å². The molecule has 0 spiro atoms. The first-order chi connectivity index (χ1) is 32.2. The van der Waals surface area contributed by atoms with Gasteiger partial charge in [-0.3, -0.25) is 24.3 Å². The number of aryl methyl sites for hydroxylation is 3. The first-order valence-corrected chi connectivity index (χ1v) is 25.8. The van der Waals surface area contributed by atoms with E-state index in [1.807, 2.05) is 56.4 Å². The van der Waals surface area contributed by atoms with Gasteiger partial charge in [0.05, 0.1) is 62.7 Å². The van der Waals surface area contributed by atoms with Crippen LogP contribution < -0.4 is 35.8 Å². The molecule has 1 heterocycles. The number of carbonyl (C=O) groups excluding carboxylic acids is 2. The van der Waals surface area contributed by atoms with Crippen molar-refractivity contribution in [3.63, 3.8) is 0 Å². The third-order valence-corrected chi connectivity index (χ3v) is 10.1. The average Bonchev–Trinajstić information content (AvgIpc) is 3.27. The van der Waals surface area contributed by atoms with Crippen LogP contribution in [0.2, 0.25) is 0 Å². The summed E-state index contributed by atoms with van der Waals surface area (Å²) in [5.74, 6) is -0.968. The molecule has 0 aliphatic carbocycles. The summed E-state index contributed by atoms with van der Waals surface area (Å²) in [4.78, 5) is 78.2. The predicted molar refractivity (Wildman–Crippen MR) is 260 cm³/mol. The van der Waals surface area contributed by atoms with Crippen molar-refractivity contribution in [2.24, 2.45) is 7.05 Å². The largest absolute Gasteiger partial charge is 0.778 e. The number of hydrogen-bond donors (Lipinski definition) is 3. The number of halogens is 4. The molecule has 0 aliphatic heterocycles. The lowest BCUT2D eigenvalue weighted by atomic mass is 10.0. The summed E-state index contributed by atoms with van der Waals surface area (Å²) in [7, 11) is 0.148. The summed E-state index contributed by atoms with van der Waals surface area (Å²) in [6.45, 7) is 9.71. The highest BCUT2D eigenvalue weighted by Gasteiger charge is 2.35. The minimum absolute atomic E-state index is 0.0223. The van der Waals surface area contributed by atoms with E-state index in [0.29, 0.717) is 49.8 Å². The maximum Gasteiger partial charge on any atom is 0.431 e. The van der Waals surface area contributed by atoms with Crippen LogP contribution in [0.1, 0.15) is 55.6 Å². The number of nitrogens with zero attached hydrogens (tertiary/aromatic N) is 3. The summed E-state index contributed by atoms with van der Waals surface area (Å²) < 4.78 is 71.6. The molecule has 0 fully saturated rings. The van der Waals surface area contributed by atoms with Crippen molar-refractivity contribution in [1.29, 1.82) is 0 Å². The zero-order valence-electron chi connectivity index (χ0n) is 40.5. The predicted octanol–water partition coefficient (Wildman–Crippen LogP) is 5.46. The first kappa shape index (κ1) is 61.9. The Balaban J connectivity index is 0.000000597. The second-order valence-electron chi connectivity index (χ2n) is 15.4. The highest BCUT2D eigenvalue weighted by Crippen LogP contribution is 2.30. The van der Waals surface area contributed by atoms with E-state index >= 15 is 0 Å². The van der Waals surface area contributed by atoms with E-state index < -0.39 is 61.6 Å². The Bertz CT molecular complexity index is 2450. The molecule has 3 aromatic carbocycles. The Morgan fingerprint density at radius 3 is 2.07 bits per heavy atom. The summed E-state index contributed by atoms with van der Waals surface area (Å²) in [5.41, 5.74) is 1.41. The highest BCUT2D eigenvalue weighted by atomic mass is 35.5. The van der Waals surface area contributed by atoms with E-state index in [4.69, 9.17) is 40.5 Å². The van der Waals surface area contributed by atoms with E-state index in [-0.39, 0.29) is 30.1 Å². The zero-order chi connectivity index (χ0) is 52.8. The summed E-state index contributed by atoms with van der Waals surface area (Å²) in [6, 6.07) is 17.7. The number of methoxy groups -OCH3 is 2. The van der Waals surface area contributed by atoms with Gasteiger partial charge in [-0.1, -0.05) is 44.2 Å². The van der Waals surface area contributed by atoms with Gasteiger partial charge in [0, 0.05) is 25.8 Å². The number of alkyl halides is 4. The van der Waals surface area contributed by atoms with Gasteiger partial charge in [-0.2, -0.15) is 13.2 Å². The van der Waals surface area contributed by atoms with Crippen LogP contribution in [0.15, 0.2) is 76.3 Å². The third kappa shape index (κ3) is 21.2. The van der Waals surface area contributed by atoms with Gasteiger partial charge in [0.2, 0.25) is 5.91 Å². The molecular formula is C46H63ClF3N4O13PS. The number of carboxylic acid groups (broad SMARTS) is 1. The van der Waals surface area contributed by atoms with Crippen LogP contribution in [-0.4, -0.2) is 107 Å². The van der Waals surface area contributed by atoms with Crippen molar-refractivity contribution in [2.75, 3.05) is 63.2 Å². The van der Waals surface area contributed by atoms with Crippen molar-refractivity contribution >= 4 is 53.6 Å². The number of rotatable bonds is 18. The van der Waals surface area contributed by atoms with Crippen LogP contribution in [0.4, 0.5) is 18.9 Å². The summed E-state index contributed by atoms with van der Waals surface area (Å²) in [5, 5.41) is 9.97. The van der Waals surface area contributed by atoms with E-state index in [2.05, 4.69) is 31.8 Å². The first-order valence-electron chi connectivity index (χ1n) is 21.1. The molecule has 4 aromatic rings. The Kier molecular flexibility index (Phi) is 26.7. The molecule has 4 rings (SSSR count). The number of esters is 1. The summed E-state index contributed by atoms with van der Waals surface area (Å²) >= 11 is 5.76. The topological polar surface area (TPSA) is 228 Å². The van der Waals surface area contributed by atoms with Gasteiger partial charge in [-0.05, 0) is 91.5 Å².